The molecule has 2 N–H and O–H groups in total. The van der Waals surface area contributed by atoms with E-state index in [1.54, 1.807) is 31.2 Å². The lowest BCUT2D eigenvalue weighted by molar-refractivity contribution is -0.223. The molecule has 12 heteroatoms. The molecule has 0 saturated carbocycles. The number of hydrogen-bond acceptors (Lipinski definition) is 8. The van der Waals surface area contributed by atoms with Crippen LogP contribution >= 0.6 is 0 Å². The SMILES string of the molecule is CC[C@@]1(OC(=O)C(F)(F)F)C(=O)OCc2c1cc1n(c2=O)Cc2cc3cc(C(=O)[C@H](C)N)ccc3nc2-1. The van der Waals surface area contributed by atoms with Crippen LogP contribution in [0.1, 0.15) is 47.3 Å². The largest absolute Gasteiger partial charge is 0.490 e. The predicted octanol–water partition coefficient (Wildman–Crippen LogP) is 2.72. The molecule has 0 aliphatic carbocycles. The first-order chi connectivity index (χ1) is 17.4. The standard InChI is InChI=1S/C25H20F3N3O6/c1-3-24(37-23(35)25(26,27)28)16-8-18-19-14(9-31(18)21(33)15(16)10-36-22(24)34)7-13-6-12(20(32)11(2)29)4-5-17(13)30-19/h4-8,11H,3,9-10,29H2,1-2H3/t11-,24-/m0/s1. The maximum Gasteiger partial charge on any atom is 0.490 e. The van der Waals surface area contributed by atoms with Gasteiger partial charge in [-0.05, 0) is 43.7 Å². The fourth-order valence-electron chi connectivity index (χ4n) is 4.78. The van der Waals surface area contributed by atoms with E-state index in [9.17, 15) is 32.3 Å². The Balaban J connectivity index is 1.68. The van der Waals surface area contributed by atoms with Crippen molar-refractivity contribution in [1.82, 2.24) is 9.55 Å². The number of halogens is 3. The van der Waals surface area contributed by atoms with Crippen molar-refractivity contribution in [3.8, 4) is 11.4 Å². The average molecular weight is 515 g/mol. The first kappa shape index (κ1) is 24.6. The lowest BCUT2D eigenvalue weighted by atomic mass is 9.85. The maximum absolute atomic E-state index is 13.4. The number of aromatic nitrogens is 2. The van der Waals surface area contributed by atoms with Crippen molar-refractivity contribution in [1.29, 1.82) is 0 Å². The molecule has 2 aromatic heterocycles. The number of Topliss-reactive ketones (excluding diaryl/α,β-unsaturated/α-hetero) is 1. The van der Waals surface area contributed by atoms with E-state index in [2.05, 4.69) is 4.98 Å². The molecular weight excluding hydrogens is 495 g/mol. The number of fused-ring (bicyclic) bond motifs is 5. The molecule has 37 heavy (non-hydrogen) atoms. The van der Waals surface area contributed by atoms with Gasteiger partial charge in [-0.2, -0.15) is 13.2 Å². The molecule has 0 amide bonds. The van der Waals surface area contributed by atoms with Gasteiger partial charge in [-0.1, -0.05) is 6.92 Å². The summed E-state index contributed by atoms with van der Waals surface area (Å²) in [7, 11) is 0. The van der Waals surface area contributed by atoms with Crippen LogP contribution in [0.3, 0.4) is 0 Å². The molecule has 9 nitrogen and oxygen atoms in total. The monoisotopic (exact) mass is 515 g/mol. The van der Waals surface area contributed by atoms with Crippen LogP contribution in [0.5, 0.6) is 0 Å². The summed E-state index contributed by atoms with van der Waals surface area (Å²) in [5.74, 6) is -4.01. The Bertz CT molecular complexity index is 1580. The van der Waals surface area contributed by atoms with E-state index in [0.717, 1.165) is 0 Å². The van der Waals surface area contributed by atoms with E-state index in [0.29, 0.717) is 27.7 Å². The number of nitrogens with two attached hydrogens (primary N) is 1. The van der Waals surface area contributed by atoms with Crippen LogP contribution in [-0.4, -0.2) is 39.5 Å². The van der Waals surface area contributed by atoms with Gasteiger partial charge in [0.1, 0.15) is 6.61 Å². The number of benzene rings is 1. The Labute approximate surface area is 207 Å². The van der Waals surface area contributed by atoms with Gasteiger partial charge in [-0.25, -0.2) is 14.6 Å². The number of carbonyl (C=O) groups is 3. The summed E-state index contributed by atoms with van der Waals surface area (Å²) in [5, 5.41) is 0.636. The predicted molar refractivity (Wildman–Crippen MR) is 122 cm³/mol. The first-order valence-corrected chi connectivity index (χ1v) is 11.4. The lowest BCUT2D eigenvalue weighted by Crippen LogP contribution is -2.49. The molecule has 0 saturated heterocycles. The zero-order valence-electron chi connectivity index (χ0n) is 19.6. The van der Waals surface area contributed by atoms with Crippen LogP contribution < -0.4 is 11.3 Å². The van der Waals surface area contributed by atoms with Gasteiger partial charge in [0.25, 0.3) is 5.56 Å². The summed E-state index contributed by atoms with van der Waals surface area (Å²) in [4.78, 5) is 54.8. The van der Waals surface area contributed by atoms with Gasteiger partial charge in [0.05, 0.1) is 35.1 Å². The summed E-state index contributed by atoms with van der Waals surface area (Å²) in [5.41, 5.74) is 4.59. The molecule has 2 aliphatic heterocycles. The van der Waals surface area contributed by atoms with Crippen molar-refractivity contribution in [2.45, 2.75) is 51.2 Å². The van der Waals surface area contributed by atoms with Crippen LogP contribution in [0.2, 0.25) is 0 Å². The second-order valence-electron chi connectivity index (χ2n) is 9.01. The summed E-state index contributed by atoms with van der Waals surface area (Å²) in [6, 6.07) is 7.29. The number of rotatable bonds is 4. The van der Waals surface area contributed by atoms with Gasteiger partial charge in [0, 0.05) is 22.1 Å². The summed E-state index contributed by atoms with van der Waals surface area (Å²) < 4.78 is 50.2. The summed E-state index contributed by atoms with van der Waals surface area (Å²) >= 11 is 0. The molecule has 2 atom stereocenters. The first-order valence-electron chi connectivity index (χ1n) is 11.4. The number of ether oxygens (including phenoxy) is 2. The van der Waals surface area contributed by atoms with E-state index in [1.165, 1.54) is 17.6 Å². The Kier molecular flexibility index (Phi) is 5.48. The molecule has 5 rings (SSSR count). The van der Waals surface area contributed by atoms with Crippen molar-refractivity contribution in [2.24, 2.45) is 5.73 Å². The van der Waals surface area contributed by atoms with E-state index in [1.807, 2.05) is 0 Å². The van der Waals surface area contributed by atoms with E-state index in [-0.39, 0.29) is 29.1 Å². The van der Waals surface area contributed by atoms with Crippen molar-refractivity contribution in [2.75, 3.05) is 0 Å². The Hall–Kier alpha value is -4.06. The van der Waals surface area contributed by atoms with Gasteiger partial charge in [-0.15, -0.1) is 0 Å². The van der Waals surface area contributed by atoms with E-state index >= 15 is 0 Å². The van der Waals surface area contributed by atoms with E-state index < -0.39 is 48.3 Å². The number of carbonyl (C=O) groups excluding carboxylic acids is 3. The molecule has 192 valence electrons. The number of ketones is 1. The Morgan fingerprint density at radius 2 is 1.97 bits per heavy atom. The average Bonchev–Trinajstić information content (AvgIpc) is 3.20. The normalized spacial score (nSPS) is 19.0. The molecule has 4 heterocycles. The number of nitrogens with zero attached hydrogens (tertiary/aromatic N) is 2. The maximum atomic E-state index is 13.4. The quantitative estimate of drug-likeness (QED) is 0.324. The number of alkyl halides is 3. The third-order valence-electron chi connectivity index (χ3n) is 6.67. The van der Waals surface area contributed by atoms with Gasteiger partial charge in [0.2, 0.25) is 5.60 Å². The van der Waals surface area contributed by atoms with Crippen LogP contribution in [-0.2, 0) is 37.8 Å². The lowest BCUT2D eigenvalue weighted by Gasteiger charge is -2.35. The Morgan fingerprint density at radius 3 is 2.62 bits per heavy atom. The minimum Gasteiger partial charge on any atom is -0.457 e. The van der Waals surface area contributed by atoms with E-state index in [4.69, 9.17) is 15.2 Å². The van der Waals surface area contributed by atoms with Crippen molar-refractivity contribution in [3.05, 3.63) is 62.9 Å². The molecular formula is C25H20F3N3O6. The van der Waals surface area contributed by atoms with Crippen LogP contribution in [0.15, 0.2) is 35.1 Å². The van der Waals surface area contributed by atoms with Gasteiger partial charge in [-0.3, -0.25) is 9.59 Å². The molecule has 0 bridgehead atoms. The van der Waals surface area contributed by atoms with Crippen molar-refractivity contribution < 1.29 is 37.0 Å². The van der Waals surface area contributed by atoms with Gasteiger partial charge >= 0.3 is 18.1 Å². The van der Waals surface area contributed by atoms with Gasteiger partial charge < -0.3 is 19.8 Å². The zero-order valence-corrected chi connectivity index (χ0v) is 19.6. The minimum absolute atomic E-state index is 0.0812. The topological polar surface area (TPSA) is 131 Å². The minimum atomic E-state index is -5.36. The second kappa shape index (κ2) is 8.23. The van der Waals surface area contributed by atoms with Gasteiger partial charge in [0.15, 0.2) is 5.78 Å². The Morgan fingerprint density at radius 1 is 1.24 bits per heavy atom. The fraction of sp³-hybridized carbons (Fsp3) is 0.320. The van der Waals surface area contributed by atoms with Crippen LogP contribution in [0.25, 0.3) is 22.3 Å². The molecule has 0 fully saturated rings. The number of pyridine rings is 2. The smallest absolute Gasteiger partial charge is 0.457 e. The van der Waals surface area contributed by atoms with Crippen LogP contribution in [0, 0.1) is 0 Å². The van der Waals surface area contributed by atoms with Crippen molar-refractivity contribution in [3.63, 3.8) is 0 Å². The third-order valence-corrected chi connectivity index (χ3v) is 6.67. The fourth-order valence-corrected chi connectivity index (χ4v) is 4.78. The highest BCUT2D eigenvalue weighted by molar-refractivity contribution is 6.02. The highest BCUT2D eigenvalue weighted by Gasteiger charge is 2.54. The third kappa shape index (κ3) is 3.70. The van der Waals surface area contributed by atoms with Crippen LogP contribution in [0.4, 0.5) is 13.2 Å². The number of esters is 2. The molecule has 0 radical (unpaired) electrons. The zero-order chi connectivity index (χ0) is 26.9. The molecule has 2 aliphatic rings. The highest BCUT2D eigenvalue weighted by Crippen LogP contribution is 2.42. The molecule has 3 aromatic rings. The highest BCUT2D eigenvalue weighted by atomic mass is 19.4. The second-order valence-corrected chi connectivity index (χ2v) is 9.01. The summed E-state index contributed by atoms with van der Waals surface area (Å²) in [6.07, 6.45) is -5.75. The summed E-state index contributed by atoms with van der Waals surface area (Å²) in [6.45, 7) is 2.55. The number of hydrogen-bond donors (Lipinski definition) is 1. The molecule has 0 unspecified atom stereocenters. The number of cyclic esters (lactones) is 1. The van der Waals surface area contributed by atoms with Crippen molar-refractivity contribution >= 4 is 28.6 Å². The molecule has 1 aromatic carbocycles. The molecule has 0 spiro atoms.